The molecule has 5 N–H and O–H groups in total. The van der Waals surface area contributed by atoms with Crippen LogP contribution in [0.25, 0.3) is 0 Å². The lowest BCUT2D eigenvalue weighted by Crippen LogP contribution is -2.15. The molecular formula is C14H12F3N3O. The van der Waals surface area contributed by atoms with Crippen molar-refractivity contribution in [3.8, 4) is 0 Å². The number of carbonyl (C=O) groups is 1. The molecule has 0 spiro atoms. The molecule has 7 heteroatoms. The molecule has 2 aromatic carbocycles. The number of carbonyl (C=O) groups excluding carboxylic acids is 1. The smallest absolute Gasteiger partial charge is 0.250 e. The Morgan fingerprint density at radius 2 is 1.76 bits per heavy atom. The number of anilines is 2. The molecule has 1 amide bonds. The van der Waals surface area contributed by atoms with Crippen molar-refractivity contribution in [3.05, 3.63) is 58.9 Å². The van der Waals surface area contributed by atoms with E-state index < -0.39 is 23.4 Å². The average Bonchev–Trinajstić information content (AvgIpc) is 2.41. The van der Waals surface area contributed by atoms with Gasteiger partial charge >= 0.3 is 0 Å². The Bertz CT molecular complexity index is 704. The predicted octanol–water partition coefficient (Wildman–Crippen LogP) is 2.40. The second kappa shape index (κ2) is 5.74. The maximum atomic E-state index is 13.7. The van der Waals surface area contributed by atoms with Crippen LogP contribution in [0.15, 0.2) is 30.3 Å². The van der Waals surface area contributed by atoms with Gasteiger partial charge in [0, 0.05) is 12.2 Å². The van der Waals surface area contributed by atoms with Crippen LogP contribution >= 0.6 is 0 Å². The van der Waals surface area contributed by atoms with E-state index in [-0.39, 0.29) is 23.5 Å². The minimum atomic E-state index is -0.995. The van der Waals surface area contributed by atoms with Gasteiger partial charge in [0.1, 0.15) is 5.82 Å². The summed E-state index contributed by atoms with van der Waals surface area (Å²) < 4.78 is 39.6. The SMILES string of the molecule is NC(=O)c1cc(NCc2ccc(F)c(F)c2)c(F)cc1N. The van der Waals surface area contributed by atoms with Gasteiger partial charge in [-0.25, -0.2) is 13.2 Å². The zero-order chi connectivity index (χ0) is 15.6. The molecule has 0 fully saturated rings. The molecule has 0 unspecified atom stereocenters. The number of primary amides is 1. The monoisotopic (exact) mass is 295 g/mol. The van der Waals surface area contributed by atoms with E-state index in [2.05, 4.69) is 5.32 Å². The van der Waals surface area contributed by atoms with Crippen LogP contribution in [0.4, 0.5) is 24.5 Å². The Balaban J connectivity index is 2.21. The lowest BCUT2D eigenvalue weighted by molar-refractivity contribution is 0.100. The minimum Gasteiger partial charge on any atom is -0.398 e. The Morgan fingerprint density at radius 1 is 1.05 bits per heavy atom. The molecule has 2 aromatic rings. The standard InChI is InChI=1S/C14H12F3N3O/c15-9-2-1-7(3-10(9)16)6-20-13-4-8(14(19)21)12(18)5-11(13)17/h1-5,20H,6,18H2,(H2,19,21). The van der Waals surface area contributed by atoms with Gasteiger partial charge in [-0.15, -0.1) is 0 Å². The lowest BCUT2D eigenvalue weighted by atomic mass is 10.1. The van der Waals surface area contributed by atoms with Crippen molar-refractivity contribution < 1.29 is 18.0 Å². The molecule has 2 rings (SSSR count). The van der Waals surface area contributed by atoms with Gasteiger partial charge in [-0.05, 0) is 29.8 Å². The molecular weight excluding hydrogens is 283 g/mol. The molecule has 0 aliphatic rings. The number of benzene rings is 2. The Hall–Kier alpha value is -2.70. The Labute approximate surface area is 118 Å². The highest BCUT2D eigenvalue weighted by Crippen LogP contribution is 2.22. The number of halogens is 3. The second-order valence-corrected chi connectivity index (χ2v) is 4.39. The molecule has 0 aliphatic heterocycles. The molecule has 0 aliphatic carbocycles. The summed E-state index contributed by atoms with van der Waals surface area (Å²) in [5, 5.41) is 2.67. The summed E-state index contributed by atoms with van der Waals surface area (Å²) in [4.78, 5) is 11.1. The predicted molar refractivity (Wildman–Crippen MR) is 73.0 cm³/mol. The first-order chi connectivity index (χ1) is 9.88. The van der Waals surface area contributed by atoms with E-state index in [1.54, 1.807) is 0 Å². The third kappa shape index (κ3) is 3.25. The van der Waals surface area contributed by atoms with Crippen LogP contribution in [-0.4, -0.2) is 5.91 Å². The van der Waals surface area contributed by atoms with Gasteiger partial charge in [-0.2, -0.15) is 0 Å². The number of nitrogens with one attached hydrogen (secondary N) is 1. The minimum absolute atomic E-state index is 0.0114. The zero-order valence-electron chi connectivity index (χ0n) is 10.8. The summed E-state index contributed by atoms with van der Waals surface area (Å²) in [6, 6.07) is 5.46. The van der Waals surface area contributed by atoms with Gasteiger partial charge in [0.15, 0.2) is 11.6 Å². The summed E-state index contributed by atoms with van der Waals surface area (Å²) in [5.41, 5.74) is 10.9. The van der Waals surface area contributed by atoms with Gasteiger partial charge in [-0.3, -0.25) is 4.79 Å². The summed E-state index contributed by atoms with van der Waals surface area (Å²) in [6.07, 6.45) is 0. The van der Waals surface area contributed by atoms with E-state index in [1.807, 2.05) is 0 Å². The summed E-state index contributed by atoms with van der Waals surface area (Å²) >= 11 is 0. The molecule has 0 aromatic heterocycles. The average molecular weight is 295 g/mol. The molecule has 0 radical (unpaired) electrons. The first-order valence-corrected chi connectivity index (χ1v) is 5.95. The number of amides is 1. The molecule has 0 bridgehead atoms. The highest BCUT2D eigenvalue weighted by Gasteiger charge is 2.12. The third-order valence-electron chi connectivity index (χ3n) is 2.87. The molecule has 4 nitrogen and oxygen atoms in total. The van der Waals surface area contributed by atoms with Crippen LogP contribution in [0.1, 0.15) is 15.9 Å². The van der Waals surface area contributed by atoms with E-state index >= 15 is 0 Å². The van der Waals surface area contributed by atoms with Crippen molar-refractivity contribution in [2.24, 2.45) is 5.73 Å². The normalized spacial score (nSPS) is 10.4. The lowest BCUT2D eigenvalue weighted by Gasteiger charge is -2.11. The van der Waals surface area contributed by atoms with Crippen LogP contribution in [0.5, 0.6) is 0 Å². The number of nitrogen functional groups attached to an aromatic ring is 1. The van der Waals surface area contributed by atoms with E-state index in [4.69, 9.17) is 11.5 Å². The van der Waals surface area contributed by atoms with Crippen LogP contribution in [0.3, 0.4) is 0 Å². The molecule has 21 heavy (non-hydrogen) atoms. The van der Waals surface area contributed by atoms with Gasteiger partial charge < -0.3 is 16.8 Å². The van der Waals surface area contributed by atoms with Crippen molar-refractivity contribution in [2.45, 2.75) is 6.54 Å². The Kier molecular flexibility index (Phi) is 4.02. The molecule has 0 saturated heterocycles. The fraction of sp³-hybridized carbons (Fsp3) is 0.0714. The van der Waals surface area contributed by atoms with Gasteiger partial charge in [0.25, 0.3) is 5.91 Å². The van der Waals surface area contributed by atoms with Gasteiger partial charge in [-0.1, -0.05) is 6.07 Å². The van der Waals surface area contributed by atoms with Crippen LogP contribution in [-0.2, 0) is 6.54 Å². The van der Waals surface area contributed by atoms with Crippen molar-refractivity contribution in [1.82, 2.24) is 0 Å². The van der Waals surface area contributed by atoms with Crippen LogP contribution < -0.4 is 16.8 Å². The van der Waals surface area contributed by atoms with E-state index in [9.17, 15) is 18.0 Å². The number of rotatable bonds is 4. The number of hydrogen-bond donors (Lipinski definition) is 3. The molecule has 0 atom stereocenters. The largest absolute Gasteiger partial charge is 0.398 e. The molecule has 0 saturated carbocycles. The van der Waals surface area contributed by atoms with E-state index in [0.717, 1.165) is 18.2 Å². The first-order valence-electron chi connectivity index (χ1n) is 5.95. The highest BCUT2D eigenvalue weighted by atomic mass is 19.2. The second-order valence-electron chi connectivity index (χ2n) is 4.39. The number of hydrogen-bond acceptors (Lipinski definition) is 3. The maximum Gasteiger partial charge on any atom is 0.250 e. The van der Waals surface area contributed by atoms with E-state index in [1.165, 1.54) is 12.1 Å². The topological polar surface area (TPSA) is 81.1 Å². The van der Waals surface area contributed by atoms with Gasteiger partial charge in [0.2, 0.25) is 0 Å². The summed E-state index contributed by atoms with van der Waals surface area (Å²) in [7, 11) is 0. The third-order valence-corrected chi connectivity index (χ3v) is 2.87. The summed E-state index contributed by atoms with van der Waals surface area (Å²) in [6.45, 7) is 0.0379. The van der Waals surface area contributed by atoms with Crippen molar-refractivity contribution in [3.63, 3.8) is 0 Å². The van der Waals surface area contributed by atoms with Crippen molar-refractivity contribution in [2.75, 3.05) is 11.1 Å². The highest BCUT2D eigenvalue weighted by molar-refractivity contribution is 5.99. The fourth-order valence-corrected chi connectivity index (χ4v) is 1.78. The molecule has 110 valence electrons. The number of nitrogens with two attached hydrogens (primary N) is 2. The first kappa shape index (κ1) is 14.7. The molecule has 0 heterocycles. The Morgan fingerprint density at radius 3 is 2.38 bits per heavy atom. The van der Waals surface area contributed by atoms with Crippen molar-refractivity contribution >= 4 is 17.3 Å². The van der Waals surface area contributed by atoms with Crippen molar-refractivity contribution in [1.29, 1.82) is 0 Å². The van der Waals surface area contributed by atoms with Crippen LogP contribution in [0.2, 0.25) is 0 Å². The maximum absolute atomic E-state index is 13.7. The zero-order valence-corrected chi connectivity index (χ0v) is 10.8. The quantitative estimate of drug-likeness (QED) is 0.758. The van der Waals surface area contributed by atoms with E-state index in [0.29, 0.717) is 5.56 Å². The fourth-order valence-electron chi connectivity index (χ4n) is 1.78. The van der Waals surface area contributed by atoms with Gasteiger partial charge in [0.05, 0.1) is 11.3 Å². The summed E-state index contributed by atoms with van der Waals surface area (Å²) in [5.74, 6) is -3.43. The van der Waals surface area contributed by atoms with Crippen LogP contribution in [0, 0.1) is 17.5 Å².